The van der Waals surface area contributed by atoms with E-state index in [1.165, 1.54) is 4.88 Å². The van der Waals surface area contributed by atoms with Gasteiger partial charge in [-0.1, -0.05) is 18.2 Å². The molecular formula is C15H14O2S. The van der Waals surface area contributed by atoms with E-state index in [0.717, 1.165) is 21.4 Å². The third kappa shape index (κ3) is 1.85. The normalized spacial score (nSPS) is 13.1. The smallest absolute Gasteiger partial charge is 0.146 e. The zero-order valence-electron chi connectivity index (χ0n) is 10.3. The van der Waals surface area contributed by atoms with Gasteiger partial charge < -0.3 is 9.52 Å². The SMILES string of the molecule is Cc1ccc(C(O)c2cc3cccc(C)c3o2)s1. The predicted octanol–water partition coefficient (Wildman–Crippen LogP) is 4.19. The van der Waals surface area contributed by atoms with Gasteiger partial charge in [-0.25, -0.2) is 0 Å². The average molecular weight is 258 g/mol. The Balaban J connectivity index is 2.06. The van der Waals surface area contributed by atoms with Crippen LogP contribution in [-0.2, 0) is 0 Å². The average Bonchev–Trinajstić information content (AvgIpc) is 2.95. The number of aliphatic hydroxyl groups is 1. The highest BCUT2D eigenvalue weighted by molar-refractivity contribution is 7.12. The summed E-state index contributed by atoms with van der Waals surface area (Å²) in [6, 6.07) is 11.9. The van der Waals surface area contributed by atoms with Crippen molar-refractivity contribution < 1.29 is 9.52 Å². The molecule has 3 rings (SSSR count). The maximum atomic E-state index is 10.3. The van der Waals surface area contributed by atoms with Crippen molar-refractivity contribution in [3.63, 3.8) is 0 Å². The zero-order valence-corrected chi connectivity index (χ0v) is 11.1. The van der Waals surface area contributed by atoms with Gasteiger partial charge in [0.15, 0.2) is 0 Å². The van der Waals surface area contributed by atoms with Gasteiger partial charge in [0.2, 0.25) is 0 Å². The first-order valence-corrected chi connectivity index (χ1v) is 6.70. The van der Waals surface area contributed by atoms with E-state index >= 15 is 0 Å². The van der Waals surface area contributed by atoms with Crippen LogP contribution in [0.1, 0.15) is 27.2 Å². The highest BCUT2D eigenvalue weighted by atomic mass is 32.1. The molecular weight excluding hydrogens is 244 g/mol. The van der Waals surface area contributed by atoms with Gasteiger partial charge >= 0.3 is 0 Å². The lowest BCUT2D eigenvalue weighted by Gasteiger charge is -2.03. The molecule has 0 saturated heterocycles. The molecule has 1 atom stereocenters. The van der Waals surface area contributed by atoms with Gasteiger partial charge in [-0.3, -0.25) is 0 Å². The number of aliphatic hydroxyl groups excluding tert-OH is 1. The Bertz CT molecular complexity index is 693. The Morgan fingerprint density at radius 1 is 1.17 bits per heavy atom. The van der Waals surface area contributed by atoms with Crippen molar-refractivity contribution >= 4 is 22.3 Å². The minimum absolute atomic E-state index is 0.612. The predicted molar refractivity (Wildman–Crippen MR) is 74.1 cm³/mol. The molecule has 1 unspecified atom stereocenters. The van der Waals surface area contributed by atoms with E-state index in [-0.39, 0.29) is 0 Å². The van der Waals surface area contributed by atoms with Crippen molar-refractivity contribution in [2.24, 2.45) is 0 Å². The second-order valence-electron chi connectivity index (χ2n) is 4.49. The molecule has 1 aromatic carbocycles. The Labute approximate surface area is 109 Å². The molecule has 0 bridgehead atoms. The maximum absolute atomic E-state index is 10.3. The van der Waals surface area contributed by atoms with Crippen molar-refractivity contribution in [1.82, 2.24) is 0 Å². The standard InChI is InChI=1S/C15H14O2S/c1-9-4-3-5-11-8-12(17-15(9)11)14(16)13-7-6-10(2)18-13/h3-8,14,16H,1-2H3. The van der Waals surface area contributed by atoms with Crippen LogP contribution in [0.3, 0.4) is 0 Å². The van der Waals surface area contributed by atoms with Crippen LogP contribution in [0.2, 0.25) is 0 Å². The highest BCUT2D eigenvalue weighted by Crippen LogP contribution is 2.32. The van der Waals surface area contributed by atoms with E-state index in [9.17, 15) is 5.11 Å². The lowest BCUT2D eigenvalue weighted by molar-refractivity contribution is 0.196. The van der Waals surface area contributed by atoms with Crippen molar-refractivity contribution in [2.75, 3.05) is 0 Å². The van der Waals surface area contributed by atoms with Crippen molar-refractivity contribution in [3.8, 4) is 0 Å². The van der Waals surface area contributed by atoms with Gasteiger partial charge in [0, 0.05) is 15.1 Å². The van der Waals surface area contributed by atoms with Gasteiger partial charge in [-0.05, 0) is 37.6 Å². The number of para-hydroxylation sites is 1. The van der Waals surface area contributed by atoms with E-state index < -0.39 is 6.10 Å². The molecule has 2 heterocycles. The minimum Gasteiger partial charge on any atom is -0.458 e. The van der Waals surface area contributed by atoms with Crippen molar-refractivity contribution in [1.29, 1.82) is 0 Å². The quantitative estimate of drug-likeness (QED) is 0.747. The number of benzene rings is 1. The molecule has 0 amide bonds. The summed E-state index contributed by atoms with van der Waals surface area (Å²) in [5.74, 6) is 0.612. The number of fused-ring (bicyclic) bond motifs is 1. The van der Waals surface area contributed by atoms with Crippen LogP contribution in [0.5, 0.6) is 0 Å². The molecule has 0 fully saturated rings. The molecule has 0 aliphatic heterocycles. The first-order valence-electron chi connectivity index (χ1n) is 5.88. The van der Waals surface area contributed by atoms with Crippen LogP contribution in [-0.4, -0.2) is 5.11 Å². The summed E-state index contributed by atoms with van der Waals surface area (Å²) in [6.45, 7) is 4.04. The fraction of sp³-hybridized carbons (Fsp3) is 0.200. The number of hydrogen-bond acceptors (Lipinski definition) is 3. The highest BCUT2D eigenvalue weighted by Gasteiger charge is 2.17. The van der Waals surface area contributed by atoms with E-state index in [0.29, 0.717) is 5.76 Å². The second kappa shape index (κ2) is 4.26. The van der Waals surface area contributed by atoms with Crippen LogP contribution >= 0.6 is 11.3 Å². The summed E-state index contributed by atoms with van der Waals surface area (Å²) in [5, 5.41) is 11.4. The first kappa shape index (κ1) is 11.5. The summed E-state index contributed by atoms with van der Waals surface area (Å²) >= 11 is 1.59. The molecule has 92 valence electrons. The number of aryl methyl sites for hydroxylation is 2. The molecule has 2 nitrogen and oxygen atoms in total. The fourth-order valence-corrected chi connectivity index (χ4v) is 2.98. The van der Waals surface area contributed by atoms with Crippen LogP contribution in [0.4, 0.5) is 0 Å². The second-order valence-corrected chi connectivity index (χ2v) is 5.81. The molecule has 3 heteroatoms. The molecule has 0 radical (unpaired) electrons. The monoisotopic (exact) mass is 258 g/mol. The third-order valence-electron chi connectivity index (χ3n) is 3.06. The van der Waals surface area contributed by atoms with Gasteiger partial charge in [-0.15, -0.1) is 11.3 Å². The van der Waals surface area contributed by atoms with Crippen LogP contribution in [0.15, 0.2) is 40.8 Å². The molecule has 1 N–H and O–H groups in total. The third-order valence-corrected chi connectivity index (χ3v) is 4.11. The maximum Gasteiger partial charge on any atom is 0.146 e. The molecule has 2 aromatic heterocycles. The summed E-state index contributed by atoms with van der Waals surface area (Å²) < 4.78 is 5.78. The van der Waals surface area contributed by atoms with Gasteiger partial charge in [0.25, 0.3) is 0 Å². The molecule has 0 aliphatic rings. The topological polar surface area (TPSA) is 33.4 Å². The van der Waals surface area contributed by atoms with E-state index in [1.54, 1.807) is 11.3 Å². The Hall–Kier alpha value is -1.58. The lowest BCUT2D eigenvalue weighted by Crippen LogP contribution is -1.93. The zero-order chi connectivity index (χ0) is 12.7. The number of rotatable bonds is 2. The summed E-state index contributed by atoms with van der Waals surface area (Å²) in [6.07, 6.45) is -0.671. The first-order chi connectivity index (χ1) is 8.65. The van der Waals surface area contributed by atoms with E-state index in [2.05, 4.69) is 0 Å². The van der Waals surface area contributed by atoms with E-state index in [1.807, 2.05) is 50.2 Å². The number of hydrogen-bond donors (Lipinski definition) is 1. The fourth-order valence-electron chi connectivity index (χ4n) is 2.10. The Kier molecular flexibility index (Phi) is 2.73. The largest absolute Gasteiger partial charge is 0.458 e. The van der Waals surface area contributed by atoms with E-state index in [4.69, 9.17) is 4.42 Å². The van der Waals surface area contributed by atoms with Crippen molar-refractivity contribution in [3.05, 3.63) is 57.5 Å². The summed E-state index contributed by atoms with van der Waals surface area (Å²) in [4.78, 5) is 2.11. The molecule has 3 aromatic rings. The van der Waals surface area contributed by atoms with Crippen molar-refractivity contribution in [2.45, 2.75) is 20.0 Å². The number of furan rings is 1. The molecule has 0 aliphatic carbocycles. The van der Waals surface area contributed by atoms with Gasteiger partial charge in [0.1, 0.15) is 17.4 Å². The summed E-state index contributed by atoms with van der Waals surface area (Å²) in [5.41, 5.74) is 1.95. The van der Waals surface area contributed by atoms with Gasteiger partial charge in [-0.2, -0.15) is 0 Å². The summed E-state index contributed by atoms with van der Waals surface area (Å²) in [7, 11) is 0. The Morgan fingerprint density at radius 2 is 2.00 bits per heavy atom. The molecule has 0 saturated carbocycles. The lowest BCUT2D eigenvalue weighted by atomic mass is 10.1. The molecule has 0 spiro atoms. The molecule has 18 heavy (non-hydrogen) atoms. The van der Waals surface area contributed by atoms with Crippen LogP contribution in [0, 0.1) is 13.8 Å². The van der Waals surface area contributed by atoms with Crippen LogP contribution < -0.4 is 0 Å². The van der Waals surface area contributed by atoms with Gasteiger partial charge in [0.05, 0.1) is 0 Å². The van der Waals surface area contributed by atoms with Crippen LogP contribution in [0.25, 0.3) is 11.0 Å². The Morgan fingerprint density at radius 3 is 2.67 bits per heavy atom. The minimum atomic E-state index is -0.671. The number of thiophene rings is 1.